The van der Waals surface area contributed by atoms with Crippen molar-refractivity contribution in [3.63, 3.8) is 0 Å². The first kappa shape index (κ1) is 13.0. The Labute approximate surface area is 116 Å². The number of rotatable bonds is 3. The molecule has 0 aliphatic heterocycles. The number of thiophene rings is 1. The van der Waals surface area contributed by atoms with E-state index in [4.69, 9.17) is 5.26 Å². The molecule has 0 aliphatic carbocycles. The Kier molecular flexibility index (Phi) is 3.65. The van der Waals surface area contributed by atoms with Gasteiger partial charge in [0.25, 0.3) is 10.0 Å². The molecule has 0 aromatic carbocycles. The number of aromatic nitrogens is 1. The van der Waals surface area contributed by atoms with E-state index < -0.39 is 10.0 Å². The summed E-state index contributed by atoms with van der Waals surface area (Å²) in [5, 5.41) is 8.68. The van der Waals surface area contributed by atoms with Gasteiger partial charge >= 0.3 is 0 Å². The van der Waals surface area contributed by atoms with Crippen LogP contribution in [0.5, 0.6) is 0 Å². The number of nitrogens with one attached hydrogen (secondary N) is 1. The van der Waals surface area contributed by atoms with Crippen LogP contribution in [0.1, 0.15) is 4.88 Å². The third-order valence-corrected chi connectivity index (χ3v) is 5.45. The molecule has 0 amide bonds. The van der Waals surface area contributed by atoms with E-state index in [1.165, 1.54) is 24.5 Å². The van der Waals surface area contributed by atoms with Crippen molar-refractivity contribution in [1.82, 2.24) is 4.98 Å². The quantitative estimate of drug-likeness (QED) is 0.928. The van der Waals surface area contributed by atoms with Crippen molar-refractivity contribution in [2.24, 2.45) is 0 Å². The lowest BCUT2D eigenvalue weighted by atomic mass is 10.4. The van der Waals surface area contributed by atoms with Gasteiger partial charge in [0.1, 0.15) is 15.2 Å². The normalized spacial score (nSPS) is 10.9. The Bertz CT molecular complexity index is 719. The summed E-state index contributed by atoms with van der Waals surface area (Å²) >= 11 is 4.12. The molecule has 2 heterocycles. The molecule has 0 aliphatic rings. The smallest absolute Gasteiger partial charge is 0.271 e. The zero-order chi connectivity index (χ0) is 13.2. The molecule has 8 heteroatoms. The first-order valence-corrected chi connectivity index (χ1v) is 7.74. The van der Waals surface area contributed by atoms with Crippen LogP contribution in [0, 0.1) is 11.3 Å². The first-order valence-electron chi connectivity index (χ1n) is 4.65. The van der Waals surface area contributed by atoms with Gasteiger partial charge in [-0.05, 0) is 34.1 Å². The predicted octanol–water partition coefficient (Wildman–Crippen LogP) is 2.58. The topological polar surface area (TPSA) is 82.8 Å². The summed E-state index contributed by atoms with van der Waals surface area (Å²) in [6, 6.07) is 6.32. The fourth-order valence-corrected chi connectivity index (χ4v) is 3.84. The second-order valence-electron chi connectivity index (χ2n) is 3.19. The Balaban J connectivity index is 2.34. The molecule has 5 nitrogen and oxygen atoms in total. The highest BCUT2D eigenvalue weighted by molar-refractivity contribution is 9.10. The molecular weight excluding hydrogens is 338 g/mol. The van der Waals surface area contributed by atoms with E-state index in [1.807, 2.05) is 6.07 Å². The molecule has 2 aromatic rings. The van der Waals surface area contributed by atoms with Gasteiger partial charge in [0.15, 0.2) is 0 Å². The second kappa shape index (κ2) is 5.06. The van der Waals surface area contributed by atoms with E-state index in [9.17, 15) is 8.42 Å². The van der Waals surface area contributed by atoms with Crippen LogP contribution in [0.2, 0.25) is 0 Å². The summed E-state index contributed by atoms with van der Waals surface area (Å²) in [6.45, 7) is 0. The lowest BCUT2D eigenvalue weighted by Crippen LogP contribution is -2.11. The Morgan fingerprint density at radius 1 is 1.39 bits per heavy atom. The molecule has 92 valence electrons. The van der Waals surface area contributed by atoms with Crippen molar-refractivity contribution in [3.8, 4) is 6.07 Å². The van der Waals surface area contributed by atoms with Crippen molar-refractivity contribution in [1.29, 1.82) is 5.26 Å². The molecule has 0 saturated carbocycles. The highest BCUT2D eigenvalue weighted by Gasteiger charge is 2.18. The van der Waals surface area contributed by atoms with Crippen LogP contribution in [0.4, 0.5) is 5.69 Å². The highest BCUT2D eigenvalue weighted by Crippen LogP contribution is 2.26. The highest BCUT2D eigenvalue weighted by atomic mass is 79.9. The average molecular weight is 344 g/mol. The molecule has 0 unspecified atom stereocenters. The van der Waals surface area contributed by atoms with Gasteiger partial charge in [-0.15, -0.1) is 11.3 Å². The second-order valence-corrected chi connectivity index (χ2v) is 7.04. The Morgan fingerprint density at radius 3 is 2.78 bits per heavy atom. The van der Waals surface area contributed by atoms with E-state index >= 15 is 0 Å². The van der Waals surface area contributed by atoms with Crippen LogP contribution >= 0.6 is 27.3 Å². The van der Waals surface area contributed by atoms with Crippen LogP contribution in [0.15, 0.2) is 39.3 Å². The number of anilines is 1. The lowest BCUT2D eigenvalue weighted by Gasteiger charge is -2.07. The van der Waals surface area contributed by atoms with Crippen molar-refractivity contribution < 1.29 is 8.42 Å². The molecule has 0 spiro atoms. The zero-order valence-electron chi connectivity index (χ0n) is 8.79. The Morgan fingerprint density at radius 2 is 2.17 bits per heavy atom. The number of sulfonamides is 1. The third kappa shape index (κ3) is 2.69. The maximum Gasteiger partial charge on any atom is 0.271 e. The largest absolute Gasteiger partial charge is 0.278 e. The van der Waals surface area contributed by atoms with Gasteiger partial charge in [-0.1, -0.05) is 0 Å². The number of hydrogen-bond acceptors (Lipinski definition) is 5. The Hall–Kier alpha value is -1.43. The molecule has 0 atom stereocenters. The van der Waals surface area contributed by atoms with Crippen LogP contribution in [-0.2, 0) is 10.0 Å². The van der Waals surface area contributed by atoms with Gasteiger partial charge in [-0.25, -0.2) is 8.42 Å². The summed E-state index contributed by atoms with van der Waals surface area (Å²) in [7, 11) is -3.67. The zero-order valence-corrected chi connectivity index (χ0v) is 12.0. The molecule has 0 radical (unpaired) electrons. The summed E-state index contributed by atoms with van der Waals surface area (Å²) in [4.78, 5) is 4.19. The van der Waals surface area contributed by atoms with Gasteiger partial charge < -0.3 is 0 Å². The molecule has 2 rings (SSSR count). The SMILES string of the molecule is N#Cc1ccc(S(=O)(=O)Nc2ccncc2Br)s1. The molecule has 0 bridgehead atoms. The van der Waals surface area contributed by atoms with Gasteiger partial charge in [0.05, 0.1) is 10.2 Å². The predicted molar refractivity (Wildman–Crippen MR) is 71.8 cm³/mol. The average Bonchev–Trinajstić information content (AvgIpc) is 2.81. The van der Waals surface area contributed by atoms with Gasteiger partial charge in [-0.3, -0.25) is 9.71 Å². The third-order valence-electron chi connectivity index (χ3n) is 1.97. The van der Waals surface area contributed by atoms with Crippen molar-refractivity contribution >= 4 is 43.0 Å². The minimum Gasteiger partial charge on any atom is -0.278 e. The summed E-state index contributed by atoms with van der Waals surface area (Å²) in [5.74, 6) is 0. The summed E-state index contributed by atoms with van der Waals surface area (Å²) < 4.78 is 27.1. The standard InChI is InChI=1S/C10H6BrN3O2S2/c11-8-6-13-4-3-9(8)14-18(15,16)10-2-1-7(5-12)17-10/h1-4,6H,(H,13,14). The van der Waals surface area contributed by atoms with Gasteiger partial charge in [0, 0.05) is 12.4 Å². The number of nitriles is 1. The first-order chi connectivity index (χ1) is 8.53. The van der Waals surface area contributed by atoms with Crippen molar-refractivity contribution in [2.75, 3.05) is 4.72 Å². The van der Waals surface area contributed by atoms with E-state index in [0.29, 0.717) is 15.0 Å². The number of hydrogen-bond donors (Lipinski definition) is 1. The van der Waals surface area contributed by atoms with E-state index in [0.717, 1.165) is 11.3 Å². The number of nitrogens with zero attached hydrogens (tertiary/aromatic N) is 2. The summed E-state index contributed by atoms with van der Waals surface area (Å²) in [5.41, 5.74) is 0.400. The summed E-state index contributed by atoms with van der Waals surface area (Å²) in [6.07, 6.45) is 2.98. The van der Waals surface area contributed by atoms with Crippen LogP contribution < -0.4 is 4.72 Å². The molecule has 1 N–H and O–H groups in total. The molecule has 2 aromatic heterocycles. The van der Waals surface area contributed by atoms with Gasteiger partial charge in [-0.2, -0.15) is 5.26 Å². The molecule has 18 heavy (non-hydrogen) atoms. The van der Waals surface area contributed by atoms with E-state index in [2.05, 4.69) is 25.6 Å². The van der Waals surface area contributed by atoms with Crippen LogP contribution in [-0.4, -0.2) is 13.4 Å². The lowest BCUT2D eigenvalue weighted by molar-refractivity contribution is 0.603. The molecule has 0 saturated heterocycles. The maximum absolute atomic E-state index is 12.0. The molecular formula is C10H6BrN3O2S2. The van der Waals surface area contributed by atoms with Crippen molar-refractivity contribution in [2.45, 2.75) is 4.21 Å². The van der Waals surface area contributed by atoms with Crippen LogP contribution in [0.25, 0.3) is 0 Å². The monoisotopic (exact) mass is 343 g/mol. The molecule has 0 fully saturated rings. The van der Waals surface area contributed by atoms with E-state index in [-0.39, 0.29) is 4.21 Å². The van der Waals surface area contributed by atoms with Crippen molar-refractivity contribution in [3.05, 3.63) is 39.9 Å². The minimum atomic E-state index is -3.67. The van der Waals surface area contributed by atoms with Crippen LogP contribution in [0.3, 0.4) is 0 Å². The van der Waals surface area contributed by atoms with Gasteiger partial charge in [0.2, 0.25) is 0 Å². The van der Waals surface area contributed by atoms with E-state index in [1.54, 1.807) is 6.07 Å². The minimum absolute atomic E-state index is 0.0998. The fraction of sp³-hybridized carbons (Fsp3) is 0. The number of halogens is 1. The maximum atomic E-state index is 12.0. The fourth-order valence-electron chi connectivity index (χ4n) is 1.18. The number of pyridine rings is 1.